The Labute approximate surface area is 115 Å². The largest absolute Gasteiger partial charge is 0.240 e. The zero-order valence-corrected chi connectivity index (χ0v) is 12.2. The van der Waals surface area contributed by atoms with E-state index < -0.39 is 0 Å². The zero-order valence-electron chi connectivity index (χ0n) is 9.82. The van der Waals surface area contributed by atoms with E-state index in [4.69, 9.17) is 11.6 Å². The number of halogens is 2. The summed E-state index contributed by atoms with van der Waals surface area (Å²) < 4.78 is 1.89. The second-order valence-electron chi connectivity index (χ2n) is 4.25. The quantitative estimate of drug-likeness (QED) is 0.760. The van der Waals surface area contributed by atoms with E-state index in [1.165, 1.54) is 5.56 Å². The molecule has 0 saturated carbocycles. The molecule has 0 amide bonds. The molecule has 17 heavy (non-hydrogen) atoms. The lowest BCUT2D eigenvalue weighted by Gasteiger charge is -2.08. The highest BCUT2D eigenvalue weighted by Crippen LogP contribution is 2.22. The first-order valence-electron chi connectivity index (χ1n) is 5.52. The van der Waals surface area contributed by atoms with Crippen molar-refractivity contribution >= 4 is 27.5 Å². The highest BCUT2D eigenvalue weighted by atomic mass is 79.9. The number of rotatable bonds is 3. The van der Waals surface area contributed by atoms with Crippen molar-refractivity contribution in [2.24, 2.45) is 0 Å². The summed E-state index contributed by atoms with van der Waals surface area (Å²) in [5.74, 6) is 0.433. The average Bonchev–Trinajstić information content (AvgIpc) is 2.78. The first-order chi connectivity index (χ1) is 8.11. The maximum Gasteiger partial charge on any atom is 0.0700 e. The van der Waals surface area contributed by atoms with Gasteiger partial charge in [0.1, 0.15) is 0 Å². The van der Waals surface area contributed by atoms with Gasteiger partial charge in [-0.1, -0.05) is 47.4 Å². The minimum atomic E-state index is 0.433. The monoisotopic (exact) mass is 312 g/mol. The normalized spacial score (nSPS) is 11.1. The van der Waals surface area contributed by atoms with Gasteiger partial charge in [0, 0.05) is 16.5 Å². The molecule has 0 aliphatic rings. The summed E-state index contributed by atoms with van der Waals surface area (Å²) in [7, 11) is 0. The van der Waals surface area contributed by atoms with E-state index >= 15 is 0 Å². The van der Waals surface area contributed by atoms with E-state index in [2.05, 4.69) is 34.9 Å². The minimum Gasteiger partial charge on any atom is -0.240 e. The molecule has 0 unspecified atom stereocenters. The Morgan fingerprint density at radius 1 is 1.35 bits per heavy atom. The molecule has 0 saturated heterocycles. The molecule has 1 aromatic carbocycles. The summed E-state index contributed by atoms with van der Waals surface area (Å²) >= 11 is 9.52. The highest BCUT2D eigenvalue weighted by Gasteiger charge is 2.08. The van der Waals surface area contributed by atoms with Crippen LogP contribution in [0.3, 0.4) is 0 Å². The van der Waals surface area contributed by atoms with Gasteiger partial charge in [0.2, 0.25) is 0 Å². The number of benzene rings is 1. The average molecular weight is 314 g/mol. The molecule has 0 N–H and O–H groups in total. The van der Waals surface area contributed by atoms with E-state index in [1.54, 1.807) is 0 Å². The smallest absolute Gasteiger partial charge is 0.0700 e. The molecule has 90 valence electrons. The maximum atomic E-state index is 6.04. The van der Waals surface area contributed by atoms with E-state index in [0.29, 0.717) is 5.92 Å². The van der Waals surface area contributed by atoms with Crippen LogP contribution in [0.5, 0.6) is 0 Å². The molecule has 1 heterocycles. The number of aromatic nitrogens is 2. The van der Waals surface area contributed by atoms with Crippen molar-refractivity contribution in [1.29, 1.82) is 0 Å². The van der Waals surface area contributed by atoms with Crippen LogP contribution in [0.15, 0.2) is 30.5 Å². The number of hydrogen-bond donors (Lipinski definition) is 0. The van der Waals surface area contributed by atoms with Gasteiger partial charge in [-0.05, 0) is 29.7 Å². The van der Waals surface area contributed by atoms with Crippen LogP contribution in [-0.4, -0.2) is 9.78 Å². The molecular weight excluding hydrogens is 300 g/mol. The standard InChI is InChI=1S/C13H14BrClN2/c1-9(2)12-5-6-17(16-12)13-7-11(15)4-3-10(13)8-14/h3-7,9H,8H2,1-2H3. The number of nitrogens with zero attached hydrogens (tertiary/aromatic N) is 2. The van der Waals surface area contributed by atoms with Crippen LogP contribution in [0.1, 0.15) is 31.0 Å². The summed E-state index contributed by atoms with van der Waals surface area (Å²) in [6, 6.07) is 7.90. The van der Waals surface area contributed by atoms with Crippen LogP contribution in [0.25, 0.3) is 5.69 Å². The van der Waals surface area contributed by atoms with Crippen LogP contribution < -0.4 is 0 Å². The lowest BCUT2D eigenvalue weighted by molar-refractivity contribution is 0.766. The van der Waals surface area contributed by atoms with Crippen molar-refractivity contribution in [2.45, 2.75) is 25.1 Å². The first kappa shape index (κ1) is 12.7. The SMILES string of the molecule is CC(C)c1ccn(-c2cc(Cl)ccc2CBr)n1. The molecule has 0 bridgehead atoms. The van der Waals surface area contributed by atoms with Gasteiger partial charge >= 0.3 is 0 Å². The molecular formula is C13H14BrClN2. The summed E-state index contributed by atoms with van der Waals surface area (Å²) in [6.45, 7) is 4.27. The fraction of sp³-hybridized carbons (Fsp3) is 0.308. The molecule has 2 rings (SSSR count). The molecule has 0 aliphatic heterocycles. The van der Waals surface area contributed by atoms with Gasteiger partial charge in [-0.25, -0.2) is 4.68 Å². The Hall–Kier alpha value is -0.800. The summed E-state index contributed by atoms with van der Waals surface area (Å²) in [6.07, 6.45) is 1.98. The fourth-order valence-electron chi connectivity index (χ4n) is 1.64. The maximum absolute atomic E-state index is 6.04. The van der Waals surface area contributed by atoms with Crippen LogP contribution in [-0.2, 0) is 5.33 Å². The Bertz CT molecular complexity index is 520. The van der Waals surface area contributed by atoms with Crippen molar-refractivity contribution in [3.63, 3.8) is 0 Å². The third-order valence-electron chi connectivity index (χ3n) is 2.64. The van der Waals surface area contributed by atoms with Gasteiger partial charge in [0.25, 0.3) is 0 Å². The topological polar surface area (TPSA) is 17.8 Å². The third kappa shape index (κ3) is 2.72. The Balaban J connectivity index is 2.47. The predicted molar refractivity (Wildman–Crippen MR) is 75.3 cm³/mol. The van der Waals surface area contributed by atoms with Gasteiger partial charge in [0.15, 0.2) is 0 Å². The molecule has 4 heteroatoms. The Morgan fingerprint density at radius 2 is 2.12 bits per heavy atom. The van der Waals surface area contributed by atoms with E-state index in [0.717, 1.165) is 21.7 Å². The summed E-state index contributed by atoms with van der Waals surface area (Å²) in [5.41, 5.74) is 3.29. The van der Waals surface area contributed by atoms with Crippen molar-refractivity contribution in [3.05, 3.63) is 46.7 Å². The summed E-state index contributed by atoms with van der Waals surface area (Å²) in [5, 5.41) is 6.08. The second kappa shape index (κ2) is 5.23. The number of alkyl halides is 1. The van der Waals surface area contributed by atoms with E-state index in [-0.39, 0.29) is 0 Å². The van der Waals surface area contributed by atoms with E-state index in [1.807, 2.05) is 35.1 Å². The first-order valence-corrected chi connectivity index (χ1v) is 7.02. The lowest BCUT2D eigenvalue weighted by atomic mass is 10.1. The van der Waals surface area contributed by atoms with Crippen LogP contribution in [0, 0.1) is 0 Å². The fourth-order valence-corrected chi connectivity index (χ4v) is 2.28. The second-order valence-corrected chi connectivity index (χ2v) is 5.24. The van der Waals surface area contributed by atoms with Crippen LogP contribution in [0.2, 0.25) is 5.02 Å². The van der Waals surface area contributed by atoms with Crippen molar-refractivity contribution < 1.29 is 0 Å². The Morgan fingerprint density at radius 3 is 2.71 bits per heavy atom. The molecule has 1 aromatic heterocycles. The predicted octanol–water partition coefficient (Wildman–Crippen LogP) is 4.54. The van der Waals surface area contributed by atoms with Crippen LogP contribution in [0.4, 0.5) is 0 Å². The molecule has 0 radical (unpaired) electrons. The molecule has 2 aromatic rings. The zero-order chi connectivity index (χ0) is 12.4. The molecule has 0 atom stereocenters. The van der Waals surface area contributed by atoms with Gasteiger partial charge in [0.05, 0.1) is 11.4 Å². The van der Waals surface area contributed by atoms with Crippen molar-refractivity contribution in [1.82, 2.24) is 9.78 Å². The van der Waals surface area contributed by atoms with E-state index in [9.17, 15) is 0 Å². The van der Waals surface area contributed by atoms with Crippen molar-refractivity contribution in [3.8, 4) is 5.69 Å². The molecule has 0 spiro atoms. The lowest BCUT2D eigenvalue weighted by Crippen LogP contribution is -2.00. The molecule has 0 fully saturated rings. The van der Waals surface area contributed by atoms with Crippen molar-refractivity contribution in [2.75, 3.05) is 0 Å². The van der Waals surface area contributed by atoms with Gasteiger partial charge in [-0.15, -0.1) is 0 Å². The highest BCUT2D eigenvalue weighted by molar-refractivity contribution is 9.08. The van der Waals surface area contributed by atoms with Crippen LogP contribution >= 0.6 is 27.5 Å². The van der Waals surface area contributed by atoms with Gasteiger partial charge < -0.3 is 0 Å². The van der Waals surface area contributed by atoms with Gasteiger partial charge in [-0.3, -0.25) is 0 Å². The Kier molecular flexibility index (Phi) is 3.89. The molecule has 2 nitrogen and oxygen atoms in total. The van der Waals surface area contributed by atoms with Gasteiger partial charge in [-0.2, -0.15) is 5.10 Å². The summed E-state index contributed by atoms with van der Waals surface area (Å²) in [4.78, 5) is 0. The molecule has 0 aliphatic carbocycles. The third-order valence-corrected chi connectivity index (χ3v) is 3.48. The minimum absolute atomic E-state index is 0.433. The number of hydrogen-bond acceptors (Lipinski definition) is 1.